The third kappa shape index (κ3) is 4.57. The first-order chi connectivity index (χ1) is 12.8. The SMILES string of the molecule is Cl.O=C(Nc1cccc(C2=NCCN2)c1)Nc1cccc(C2=NCCN2)c1. The van der Waals surface area contributed by atoms with Crippen molar-refractivity contribution in [1.29, 1.82) is 0 Å². The predicted octanol–water partition coefficient (Wildman–Crippen LogP) is 2.45. The molecule has 0 atom stereocenters. The van der Waals surface area contributed by atoms with E-state index in [1.54, 1.807) is 0 Å². The molecule has 4 rings (SSSR count). The topological polar surface area (TPSA) is 89.9 Å². The summed E-state index contributed by atoms with van der Waals surface area (Å²) in [6.45, 7) is 3.27. The van der Waals surface area contributed by atoms with E-state index in [0.29, 0.717) is 0 Å². The number of aliphatic imine (C=N–C) groups is 2. The van der Waals surface area contributed by atoms with Crippen molar-refractivity contribution in [3.05, 3.63) is 59.7 Å². The molecule has 0 radical (unpaired) electrons. The minimum Gasteiger partial charge on any atom is -0.368 e. The zero-order valence-electron chi connectivity index (χ0n) is 14.7. The molecule has 2 heterocycles. The van der Waals surface area contributed by atoms with Gasteiger partial charge in [-0.05, 0) is 24.3 Å². The fourth-order valence-corrected chi connectivity index (χ4v) is 2.96. The van der Waals surface area contributed by atoms with Gasteiger partial charge in [0.25, 0.3) is 0 Å². The fourth-order valence-electron chi connectivity index (χ4n) is 2.96. The number of amidine groups is 2. The number of hydrogen-bond acceptors (Lipinski definition) is 5. The Labute approximate surface area is 163 Å². The summed E-state index contributed by atoms with van der Waals surface area (Å²) in [5.41, 5.74) is 3.36. The van der Waals surface area contributed by atoms with Crippen molar-refractivity contribution in [3.8, 4) is 0 Å². The highest BCUT2D eigenvalue weighted by Gasteiger charge is 2.11. The number of nitrogens with one attached hydrogen (secondary N) is 4. The van der Waals surface area contributed by atoms with Gasteiger partial charge in [-0.3, -0.25) is 9.98 Å². The highest BCUT2D eigenvalue weighted by Crippen LogP contribution is 2.15. The number of carbonyl (C=O) groups excluding carboxylic acids is 1. The molecule has 0 fully saturated rings. The first-order valence-corrected chi connectivity index (χ1v) is 8.63. The van der Waals surface area contributed by atoms with E-state index in [4.69, 9.17) is 0 Å². The third-order valence-corrected chi connectivity index (χ3v) is 4.14. The van der Waals surface area contributed by atoms with Crippen LogP contribution in [0.3, 0.4) is 0 Å². The van der Waals surface area contributed by atoms with Gasteiger partial charge in [0, 0.05) is 35.6 Å². The van der Waals surface area contributed by atoms with Gasteiger partial charge in [-0.1, -0.05) is 24.3 Å². The molecular formula is C19H21ClN6O. The number of amides is 2. The normalized spacial score (nSPS) is 15.0. The van der Waals surface area contributed by atoms with E-state index in [1.165, 1.54) is 0 Å². The summed E-state index contributed by atoms with van der Waals surface area (Å²) in [6.07, 6.45) is 0. The standard InChI is InChI=1S/C19H20N6O.ClH/c26-19(24-15-5-1-3-13(11-15)17-20-7-8-21-17)25-16-6-2-4-14(12-16)18-22-9-10-23-18;/h1-6,11-12H,7-10H2,(H,20,21)(H,22,23)(H2,24,25,26);1H. The number of nitrogens with zero attached hydrogens (tertiary/aromatic N) is 2. The summed E-state index contributed by atoms with van der Waals surface area (Å²) in [6, 6.07) is 15.0. The van der Waals surface area contributed by atoms with Crippen LogP contribution in [-0.2, 0) is 0 Å². The summed E-state index contributed by atoms with van der Waals surface area (Å²) in [5.74, 6) is 1.73. The molecule has 8 heteroatoms. The quantitative estimate of drug-likeness (QED) is 0.652. The van der Waals surface area contributed by atoms with Crippen LogP contribution in [0.1, 0.15) is 11.1 Å². The summed E-state index contributed by atoms with van der Waals surface area (Å²) in [4.78, 5) is 21.1. The molecule has 2 aromatic rings. The Kier molecular flexibility index (Phi) is 5.93. The summed E-state index contributed by atoms with van der Waals surface area (Å²) in [7, 11) is 0. The highest BCUT2D eigenvalue weighted by molar-refractivity contribution is 6.04. The minimum atomic E-state index is -0.290. The van der Waals surface area contributed by atoms with Gasteiger partial charge < -0.3 is 21.3 Å². The third-order valence-electron chi connectivity index (χ3n) is 4.14. The first-order valence-electron chi connectivity index (χ1n) is 8.63. The van der Waals surface area contributed by atoms with Crippen molar-refractivity contribution < 1.29 is 4.79 Å². The average Bonchev–Trinajstić information content (AvgIpc) is 3.36. The summed E-state index contributed by atoms with van der Waals surface area (Å²) >= 11 is 0. The van der Waals surface area contributed by atoms with Crippen LogP contribution in [0.5, 0.6) is 0 Å². The van der Waals surface area contributed by atoms with Crippen molar-refractivity contribution in [2.45, 2.75) is 0 Å². The van der Waals surface area contributed by atoms with Crippen LogP contribution in [0.25, 0.3) is 0 Å². The molecule has 0 spiro atoms. The van der Waals surface area contributed by atoms with Crippen LogP contribution in [0.2, 0.25) is 0 Å². The minimum absolute atomic E-state index is 0. The van der Waals surface area contributed by atoms with E-state index >= 15 is 0 Å². The maximum atomic E-state index is 12.3. The lowest BCUT2D eigenvalue weighted by Crippen LogP contribution is -2.22. The zero-order valence-corrected chi connectivity index (χ0v) is 15.5. The van der Waals surface area contributed by atoms with Crippen LogP contribution in [0.4, 0.5) is 16.2 Å². The van der Waals surface area contributed by atoms with E-state index < -0.39 is 0 Å². The molecule has 140 valence electrons. The van der Waals surface area contributed by atoms with Gasteiger partial charge in [-0.25, -0.2) is 4.79 Å². The zero-order chi connectivity index (χ0) is 17.8. The molecule has 0 aromatic heterocycles. The highest BCUT2D eigenvalue weighted by atomic mass is 35.5. The number of benzene rings is 2. The second kappa shape index (κ2) is 8.55. The van der Waals surface area contributed by atoms with Crippen molar-refractivity contribution >= 4 is 41.5 Å². The lowest BCUT2D eigenvalue weighted by molar-refractivity contribution is 0.262. The Morgan fingerprint density at radius 2 is 1.30 bits per heavy atom. The van der Waals surface area contributed by atoms with Gasteiger partial charge in [0.1, 0.15) is 11.7 Å². The van der Waals surface area contributed by atoms with Crippen LogP contribution in [0.15, 0.2) is 58.5 Å². The van der Waals surface area contributed by atoms with Crippen molar-refractivity contribution in [3.63, 3.8) is 0 Å². The number of carbonyl (C=O) groups is 1. The average molecular weight is 385 g/mol. The van der Waals surface area contributed by atoms with Crippen molar-refractivity contribution in [1.82, 2.24) is 10.6 Å². The molecule has 27 heavy (non-hydrogen) atoms. The van der Waals surface area contributed by atoms with E-state index in [1.807, 2.05) is 48.5 Å². The van der Waals surface area contributed by atoms with Gasteiger partial charge in [-0.15, -0.1) is 12.4 Å². The Hall–Kier alpha value is -3.06. The molecule has 7 nitrogen and oxygen atoms in total. The maximum Gasteiger partial charge on any atom is 0.323 e. The summed E-state index contributed by atoms with van der Waals surface area (Å²) < 4.78 is 0. The smallest absolute Gasteiger partial charge is 0.323 e. The molecular weight excluding hydrogens is 364 g/mol. The molecule has 4 N–H and O–H groups in total. The van der Waals surface area contributed by atoms with Crippen LogP contribution in [-0.4, -0.2) is 43.9 Å². The monoisotopic (exact) mass is 384 g/mol. The van der Waals surface area contributed by atoms with E-state index in [9.17, 15) is 4.79 Å². The van der Waals surface area contributed by atoms with Gasteiger partial charge >= 0.3 is 6.03 Å². The van der Waals surface area contributed by atoms with Gasteiger partial charge in [0.2, 0.25) is 0 Å². The fraction of sp³-hybridized carbons (Fsp3) is 0.211. The molecule has 0 saturated carbocycles. The number of halogens is 1. The number of hydrogen-bond donors (Lipinski definition) is 4. The number of anilines is 2. The Balaban J connectivity index is 0.00000210. The molecule has 2 aliphatic heterocycles. The lowest BCUT2D eigenvalue weighted by atomic mass is 10.2. The second-order valence-electron chi connectivity index (χ2n) is 6.05. The molecule has 0 saturated heterocycles. The molecule has 0 aliphatic carbocycles. The van der Waals surface area contributed by atoms with Crippen LogP contribution in [0, 0.1) is 0 Å². The molecule has 2 aliphatic rings. The molecule has 0 unspecified atom stereocenters. The van der Waals surface area contributed by atoms with Gasteiger partial charge in [-0.2, -0.15) is 0 Å². The summed E-state index contributed by atoms with van der Waals surface area (Å²) in [5, 5.41) is 12.2. The largest absolute Gasteiger partial charge is 0.368 e. The molecule has 2 amide bonds. The van der Waals surface area contributed by atoms with Gasteiger partial charge in [0.15, 0.2) is 0 Å². The van der Waals surface area contributed by atoms with Crippen molar-refractivity contribution in [2.75, 3.05) is 36.8 Å². The first kappa shape index (κ1) is 18.7. The molecule has 0 bridgehead atoms. The predicted molar refractivity (Wildman–Crippen MR) is 112 cm³/mol. The van der Waals surface area contributed by atoms with Crippen LogP contribution < -0.4 is 21.3 Å². The van der Waals surface area contributed by atoms with Gasteiger partial charge in [0.05, 0.1) is 13.1 Å². The number of urea groups is 1. The number of rotatable bonds is 4. The Bertz CT molecular complexity index is 824. The van der Waals surface area contributed by atoms with E-state index in [-0.39, 0.29) is 18.4 Å². The lowest BCUT2D eigenvalue weighted by Gasteiger charge is -2.10. The second-order valence-corrected chi connectivity index (χ2v) is 6.05. The van der Waals surface area contributed by atoms with Crippen LogP contribution >= 0.6 is 12.4 Å². The van der Waals surface area contributed by atoms with Crippen molar-refractivity contribution in [2.24, 2.45) is 9.98 Å². The maximum absolute atomic E-state index is 12.3. The van der Waals surface area contributed by atoms with E-state index in [0.717, 1.165) is 60.4 Å². The Morgan fingerprint density at radius 1 is 0.815 bits per heavy atom. The Morgan fingerprint density at radius 3 is 1.70 bits per heavy atom. The molecule has 2 aromatic carbocycles. The van der Waals surface area contributed by atoms with E-state index in [2.05, 4.69) is 31.3 Å².